The molecule has 2 atom stereocenters. The van der Waals surface area contributed by atoms with Crippen LogP contribution in [0.5, 0.6) is 11.5 Å². The van der Waals surface area contributed by atoms with E-state index < -0.39 is 0 Å². The number of hydrogen-bond donors (Lipinski definition) is 1. The van der Waals surface area contributed by atoms with E-state index in [-0.39, 0.29) is 5.75 Å². The molecule has 0 bridgehead atoms. The predicted octanol–water partition coefficient (Wildman–Crippen LogP) is 8.02. The third-order valence-electron chi connectivity index (χ3n) is 7.71. The third-order valence-corrected chi connectivity index (χ3v) is 8.54. The van der Waals surface area contributed by atoms with E-state index in [1.807, 2.05) is 25.3 Å². The van der Waals surface area contributed by atoms with Crippen molar-refractivity contribution in [2.24, 2.45) is 4.99 Å². The Morgan fingerprint density at radius 1 is 0.895 bits per heavy atom. The molecule has 4 aromatic carbocycles. The van der Waals surface area contributed by atoms with Gasteiger partial charge in [0.25, 0.3) is 0 Å². The van der Waals surface area contributed by atoms with Crippen LogP contribution >= 0.6 is 22.6 Å². The van der Waals surface area contributed by atoms with Crippen LogP contribution in [0.25, 0.3) is 0 Å². The fraction of sp³-hybridized carbons (Fsp3) is 0.242. The second-order valence-electron chi connectivity index (χ2n) is 10.0. The summed E-state index contributed by atoms with van der Waals surface area (Å²) in [7, 11) is 0. The molecule has 0 amide bonds. The second kappa shape index (κ2) is 10.8. The Bertz CT molecular complexity index is 1400. The maximum Gasteiger partial charge on any atom is 0.171 e. The Kier molecular flexibility index (Phi) is 7.11. The minimum Gasteiger partial charge on any atom is -0.504 e. The lowest BCUT2D eigenvalue weighted by atomic mass is 9.76. The molecule has 2 heterocycles. The van der Waals surface area contributed by atoms with Crippen molar-refractivity contribution in [2.45, 2.75) is 31.6 Å². The zero-order chi connectivity index (χ0) is 26.1. The van der Waals surface area contributed by atoms with Crippen molar-refractivity contribution in [3.63, 3.8) is 0 Å². The third kappa shape index (κ3) is 4.80. The average molecular weight is 615 g/mol. The number of rotatable bonds is 6. The fourth-order valence-corrected chi connectivity index (χ4v) is 6.62. The van der Waals surface area contributed by atoms with Crippen LogP contribution in [0.2, 0.25) is 0 Å². The largest absolute Gasteiger partial charge is 0.504 e. The summed E-state index contributed by atoms with van der Waals surface area (Å²) < 4.78 is 6.39. The van der Waals surface area contributed by atoms with E-state index in [0.717, 1.165) is 40.8 Å². The van der Waals surface area contributed by atoms with E-state index in [1.54, 1.807) is 0 Å². The van der Waals surface area contributed by atoms with Crippen LogP contribution in [0.4, 0.5) is 11.4 Å². The Labute approximate surface area is 238 Å². The molecule has 1 N–H and O–H groups in total. The average Bonchev–Trinajstić information content (AvgIpc) is 2.96. The number of nitrogens with zero attached hydrogens (tertiary/aromatic N) is 2. The van der Waals surface area contributed by atoms with Crippen LogP contribution in [0, 0.1) is 3.57 Å². The van der Waals surface area contributed by atoms with Gasteiger partial charge in [-0.05, 0) is 94.4 Å². The van der Waals surface area contributed by atoms with Crippen molar-refractivity contribution in [1.82, 2.24) is 0 Å². The first kappa shape index (κ1) is 25.0. The summed E-state index contributed by atoms with van der Waals surface area (Å²) in [5, 5.41) is 10.4. The lowest BCUT2D eigenvalue weighted by molar-refractivity contribution is 0.317. The normalized spacial score (nSPS) is 18.4. The van der Waals surface area contributed by atoms with Gasteiger partial charge in [0.1, 0.15) is 0 Å². The van der Waals surface area contributed by atoms with Gasteiger partial charge in [0.05, 0.1) is 15.9 Å². The summed E-state index contributed by atoms with van der Waals surface area (Å²) in [6.07, 6.45) is 4.10. The standard InChI is InChI=1S/C33H31IN2O2/c1-2-38-31-18-22(17-30(34)33(31)37)21-35-25-19-28-26(23-9-5-3-6-10-23)13-15-36-16-14-27(29(20-25)32(28)36)24-11-7-4-8-12-24/h3-12,17-21,26-27,37H,2,13-16H2,1H3/t26-,27+. The molecule has 38 heavy (non-hydrogen) atoms. The number of ether oxygens (including phenoxy) is 1. The topological polar surface area (TPSA) is 45.1 Å². The minimum atomic E-state index is 0.180. The molecule has 0 aliphatic carbocycles. The second-order valence-corrected chi connectivity index (χ2v) is 11.2. The zero-order valence-corrected chi connectivity index (χ0v) is 23.6. The molecule has 0 spiro atoms. The SMILES string of the molecule is CCOc1cc(C=Nc2cc3c4c(c2)[C@H](c2ccccc2)CCN4CC[C@@H]3c2ccccc2)cc(I)c1O. The van der Waals surface area contributed by atoms with E-state index in [0.29, 0.717) is 24.2 Å². The van der Waals surface area contributed by atoms with Crippen LogP contribution < -0.4 is 9.64 Å². The van der Waals surface area contributed by atoms with Crippen LogP contribution in [-0.4, -0.2) is 31.0 Å². The molecule has 4 aromatic rings. The monoisotopic (exact) mass is 614 g/mol. The quantitative estimate of drug-likeness (QED) is 0.177. The number of halogens is 1. The molecule has 192 valence electrons. The van der Waals surface area contributed by atoms with Gasteiger partial charge in [0, 0.05) is 36.8 Å². The van der Waals surface area contributed by atoms with Gasteiger partial charge in [-0.2, -0.15) is 0 Å². The number of phenolic OH excluding ortho intramolecular Hbond substituents is 1. The molecular formula is C33H31IN2O2. The molecule has 6 rings (SSSR count). The number of benzene rings is 4. The smallest absolute Gasteiger partial charge is 0.171 e. The van der Waals surface area contributed by atoms with Gasteiger partial charge < -0.3 is 14.7 Å². The molecule has 4 nitrogen and oxygen atoms in total. The highest BCUT2D eigenvalue weighted by Crippen LogP contribution is 2.50. The molecule has 0 unspecified atom stereocenters. The molecule has 2 aliphatic heterocycles. The molecule has 0 radical (unpaired) electrons. The van der Waals surface area contributed by atoms with Crippen molar-refractivity contribution < 1.29 is 9.84 Å². The minimum absolute atomic E-state index is 0.180. The highest BCUT2D eigenvalue weighted by Gasteiger charge is 2.35. The summed E-state index contributed by atoms with van der Waals surface area (Å²) >= 11 is 2.14. The van der Waals surface area contributed by atoms with Crippen molar-refractivity contribution >= 4 is 40.2 Å². The molecule has 0 saturated heterocycles. The number of hydrogen-bond acceptors (Lipinski definition) is 4. The lowest BCUT2D eigenvalue weighted by Gasteiger charge is -2.43. The van der Waals surface area contributed by atoms with Crippen LogP contribution in [-0.2, 0) is 0 Å². The van der Waals surface area contributed by atoms with Gasteiger partial charge in [-0.3, -0.25) is 4.99 Å². The Hall–Kier alpha value is -3.32. The van der Waals surface area contributed by atoms with Crippen LogP contribution in [0.15, 0.2) is 89.9 Å². The number of aromatic hydroxyl groups is 1. The number of anilines is 1. The Morgan fingerprint density at radius 2 is 1.47 bits per heavy atom. The van der Waals surface area contributed by atoms with E-state index in [4.69, 9.17) is 9.73 Å². The first-order valence-electron chi connectivity index (χ1n) is 13.3. The summed E-state index contributed by atoms with van der Waals surface area (Å²) in [5.41, 5.74) is 8.76. The van der Waals surface area contributed by atoms with E-state index >= 15 is 0 Å². The highest BCUT2D eigenvalue weighted by atomic mass is 127. The maximum atomic E-state index is 10.4. The van der Waals surface area contributed by atoms with Crippen molar-refractivity contribution in [2.75, 3.05) is 24.6 Å². The van der Waals surface area contributed by atoms with Crippen molar-refractivity contribution in [3.8, 4) is 11.5 Å². The zero-order valence-electron chi connectivity index (χ0n) is 21.5. The summed E-state index contributed by atoms with van der Waals surface area (Å²) in [4.78, 5) is 7.58. The number of phenols is 1. The Morgan fingerprint density at radius 3 is 2.03 bits per heavy atom. The van der Waals surface area contributed by atoms with E-state index in [2.05, 4.69) is 100 Å². The van der Waals surface area contributed by atoms with Gasteiger partial charge in [0.15, 0.2) is 11.5 Å². The van der Waals surface area contributed by atoms with Crippen LogP contribution in [0.3, 0.4) is 0 Å². The van der Waals surface area contributed by atoms with Crippen molar-refractivity contribution in [3.05, 3.63) is 116 Å². The number of aliphatic imine (C=N–C) groups is 1. The molecule has 5 heteroatoms. The Balaban J connectivity index is 1.47. The van der Waals surface area contributed by atoms with Gasteiger partial charge in [0.2, 0.25) is 0 Å². The summed E-state index contributed by atoms with van der Waals surface area (Å²) in [6, 6.07) is 30.2. The van der Waals surface area contributed by atoms with Gasteiger partial charge in [-0.25, -0.2) is 0 Å². The van der Waals surface area contributed by atoms with Crippen molar-refractivity contribution in [1.29, 1.82) is 0 Å². The van der Waals surface area contributed by atoms with Crippen LogP contribution in [0.1, 0.15) is 59.4 Å². The molecule has 0 fully saturated rings. The fourth-order valence-electron chi connectivity index (χ4n) is 6.00. The first-order chi connectivity index (χ1) is 18.6. The summed E-state index contributed by atoms with van der Waals surface area (Å²) in [6.45, 7) is 4.57. The van der Waals surface area contributed by atoms with Gasteiger partial charge in [-0.1, -0.05) is 60.7 Å². The predicted molar refractivity (Wildman–Crippen MR) is 164 cm³/mol. The first-order valence-corrected chi connectivity index (χ1v) is 14.4. The van der Waals surface area contributed by atoms with E-state index in [9.17, 15) is 5.11 Å². The summed E-state index contributed by atoms with van der Waals surface area (Å²) in [5.74, 6) is 1.37. The molecule has 0 saturated carbocycles. The molecule has 0 aromatic heterocycles. The van der Waals surface area contributed by atoms with E-state index in [1.165, 1.54) is 27.9 Å². The maximum absolute atomic E-state index is 10.4. The highest BCUT2D eigenvalue weighted by molar-refractivity contribution is 14.1. The van der Waals surface area contributed by atoms with Gasteiger partial charge >= 0.3 is 0 Å². The molecule has 2 aliphatic rings. The lowest BCUT2D eigenvalue weighted by Crippen LogP contribution is -2.37. The van der Waals surface area contributed by atoms with Gasteiger partial charge in [-0.15, -0.1) is 0 Å². The molecular weight excluding hydrogens is 583 g/mol.